The molecule has 0 aromatic heterocycles. The van der Waals surface area contributed by atoms with Gasteiger partial charge in [-0.25, -0.2) is 0 Å². The average Bonchev–Trinajstić information content (AvgIpc) is 2.67. The van der Waals surface area contributed by atoms with Crippen LogP contribution >= 0.6 is 7.51 Å². The summed E-state index contributed by atoms with van der Waals surface area (Å²) in [6.07, 6.45) is 5.67. The standard InChI is InChI=1S/C19H46N3O5PS/c1-9-14-17-20(6)28(25-12-4,21(7)18-15-10-2,22(8)19-16-11-3)27-29(23,24)26-13-5/h9-19H2,1-8H3. The molecule has 178 valence electrons. The summed E-state index contributed by atoms with van der Waals surface area (Å²) in [4.78, 5) is 0. The quantitative estimate of drug-likeness (QED) is 0.274. The normalized spacial score (nSPS) is 14.7. The topological polar surface area (TPSA) is 71.5 Å². The molecule has 29 heavy (non-hydrogen) atoms. The zero-order valence-electron chi connectivity index (χ0n) is 20.0. The summed E-state index contributed by atoms with van der Waals surface area (Å²) in [5.41, 5.74) is 0. The van der Waals surface area contributed by atoms with Gasteiger partial charge in [0, 0.05) is 0 Å². The van der Waals surface area contributed by atoms with Gasteiger partial charge in [0.05, 0.1) is 0 Å². The molecular formula is C19H46N3O5PS. The minimum atomic E-state index is -4.27. The van der Waals surface area contributed by atoms with Crippen molar-refractivity contribution in [3.05, 3.63) is 0 Å². The van der Waals surface area contributed by atoms with E-state index in [9.17, 15) is 8.42 Å². The van der Waals surface area contributed by atoms with E-state index in [4.69, 9.17) is 12.7 Å². The van der Waals surface area contributed by atoms with Crippen LogP contribution in [0.1, 0.15) is 73.1 Å². The third-order valence-corrected chi connectivity index (χ3v) is 12.2. The fourth-order valence-corrected chi connectivity index (χ4v) is 10.8. The molecule has 0 saturated heterocycles. The summed E-state index contributed by atoms with van der Waals surface area (Å²) >= 11 is 0. The Hall–Kier alpha value is 0.140. The SMILES string of the molecule is CCCCN(C)P(OCC)(OS(=O)(=O)OCC)(N(C)CCCC)N(C)CCCC. The van der Waals surface area contributed by atoms with Gasteiger partial charge in [-0.15, -0.1) is 0 Å². The van der Waals surface area contributed by atoms with Gasteiger partial charge >= 0.3 is 180 Å². The van der Waals surface area contributed by atoms with Crippen molar-refractivity contribution in [2.45, 2.75) is 73.1 Å². The number of nitrogens with zero attached hydrogens (tertiary/aromatic N) is 3. The van der Waals surface area contributed by atoms with Crippen LogP contribution in [0.2, 0.25) is 0 Å². The van der Waals surface area contributed by atoms with Gasteiger partial charge in [0.25, 0.3) is 0 Å². The Balaban J connectivity index is 6.75. The molecule has 0 N–H and O–H groups in total. The molecule has 0 aromatic carbocycles. The van der Waals surface area contributed by atoms with Crippen LogP contribution in [0.5, 0.6) is 0 Å². The van der Waals surface area contributed by atoms with E-state index in [1.54, 1.807) is 6.92 Å². The van der Waals surface area contributed by atoms with Gasteiger partial charge in [-0.05, 0) is 0 Å². The van der Waals surface area contributed by atoms with Crippen molar-refractivity contribution in [3.8, 4) is 0 Å². The van der Waals surface area contributed by atoms with Gasteiger partial charge in [-0.2, -0.15) is 0 Å². The van der Waals surface area contributed by atoms with Crippen LogP contribution < -0.4 is 0 Å². The van der Waals surface area contributed by atoms with Crippen molar-refractivity contribution in [1.29, 1.82) is 0 Å². The average molecular weight is 460 g/mol. The molecule has 0 rings (SSSR count). The van der Waals surface area contributed by atoms with Crippen molar-refractivity contribution >= 4 is 17.9 Å². The Labute approximate surface area is 180 Å². The fraction of sp³-hybridized carbons (Fsp3) is 1.00. The third kappa shape index (κ3) is 7.07. The first kappa shape index (κ1) is 29.1. The first-order valence-electron chi connectivity index (χ1n) is 11.0. The fourth-order valence-electron chi connectivity index (χ4n) is 3.50. The molecule has 0 radical (unpaired) electrons. The molecule has 0 aliphatic carbocycles. The summed E-state index contributed by atoms with van der Waals surface area (Å²) in [7, 11) is -2.70. The van der Waals surface area contributed by atoms with E-state index in [-0.39, 0.29) is 6.61 Å². The van der Waals surface area contributed by atoms with Crippen LogP contribution in [0.15, 0.2) is 0 Å². The van der Waals surface area contributed by atoms with Gasteiger partial charge in [0.2, 0.25) is 0 Å². The second kappa shape index (κ2) is 13.5. The zero-order valence-corrected chi connectivity index (χ0v) is 21.7. The third-order valence-electron chi connectivity index (χ3n) is 5.10. The Kier molecular flexibility index (Phi) is 13.6. The van der Waals surface area contributed by atoms with Gasteiger partial charge in [0.15, 0.2) is 0 Å². The van der Waals surface area contributed by atoms with E-state index in [1.807, 2.05) is 42.1 Å². The van der Waals surface area contributed by atoms with E-state index < -0.39 is 17.9 Å². The second-order valence-corrected chi connectivity index (χ2v) is 13.0. The van der Waals surface area contributed by atoms with Gasteiger partial charge < -0.3 is 0 Å². The van der Waals surface area contributed by atoms with Gasteiger partial charge in [0.1, 0.15) is 0 Å². The summed E-state index contributed by atoms with van der Waals surface area (Å²) in [6, 6.07) is 0. The van der Waals surface area contributed by atoms with Crippen molar-refractivity contribution in [3.63, 3.8) is 0 Å². The molecule has 0 unspecified atom stereocenters. The number of hydrogen-bond donors (Lipinski definition) is 0. The summed E-state index contributed by atoms with van der Waals surface area (Å²) in [5, 5.41) is 0. The van der Waals surface area contributed by atoms with Gasteiger partial charge in [-0.3, -0.25) is 0 Å². The summed E-state index contributed by atoms with van der Waals surface area (Å²) in [6.45, 7) is 12.2. The molecule has 0 amide bonds. The van der Waals surface area contributed by atoms with Crippen LogP contribution in [0.3, 0.4) is 0 Å². The summed E-state index contributed by atoms with van der Waals surface area (Å²) in [5.74, 6) is 0. The van der Waals surface area contributed by atoms with Crippen molar-refractivity contribution in [2.24, 2.45) is 0 Å². The number of rotatable bonds is 18. The van der Waals surface area contributed by atoms with Crippen molar-refractivity contribution in [2.75, 3.05) is 54.0 Å². The minimum absolute atomic E-state index is 0.0109. The maximum atomic E-state index is 12.9. The van der Waals surface area contributed by atoms with Crippen LogP contribution in [0.25, 0.3) is 0 Å². The van der Waals surface area contributed by atoms with E-state index in [0.29, 0.717) is 26.2 Å². The molecule has 0 aliphatic rings. The first-order valence-corrected chi connectivity index (χ1v) is 14.3. The van der Waals surface area contributed by atoms with Crippen LogP contribution in [0.4, 0.5) is 0 Å². The molecule has 0 fully saturated rings. The second-order valence-electron chi connectivity index (χ2n) is 7.34. The van der Waals surface area contributed by atoms with E-state index in [1.165, 1.54) is 0 Å². The Morgan fingerprint density at radius 2 is 1.07 bits per heavy atom. The zero-order chi connectivity index (χ0) is 22.6. The Morgan fingerprint density at radius 3 is 1.34 bits per heavy atom. The van der Waals surface area contributed by atoms with E-state index in [2.05, 4.69) is 20.8 Å². The molecule has 0 spiro atoms. The van der Waals surface area contributed by atoms with Crippen molar-refractivity contribution < 1.29 is 21.1 Å². The Bertz CT molecular complexity index is 511. The van der Waals surface area contributed by atoms with E-state index in [0.717, 1.165) is 38.5 Å². The van der Waals surface area contributed by atoms with Crippen LogP contribution in [-0.4, -0.2) is 76.4 Å². The number of hydrogen-bond acceptors (Lipinski definition) is 8. The maximum absolute atomic E-state index is 12.9. The predicted octanol–water partition coefficient (Wildman–Crippen LogP) is 4.64. The molecule has 0 saturated carbocycles. The van der Waals surface area contributed by atoms with Crippen LogP contribution in [-0.2, 0) is 23.1 Å². The molecule has 0 aromatic rings. The first-order chi connectivity index (χ1) is 13.6. The molecule has 0 atom stereocenters. The number of unbranched alkanes of at least 4 members (excludes halogenated alkanes) is 3. The summed E-state index contributed by atoms with van der Waals surface area (Å²) < 4.78 is 49.4. The van der Waals surface area contributed by atoms with E-state index >= 15 is 0 Å². The molecule has 0 aliphatic heterocycles. The molecule has 10 heteroatoms. The molecule has 8 nitrogen and oxygen atoms in total. The monoisotopic (exact) mass is 459 g/mol. The molecule has 0 heterocycles. The molecular weight excluding hydrogens is 413 g/mol. The van der Waals surface area contributed by atoms with Crippen molar-refractivity contribution in [1.82, 2.24) is 14.0 Å². The molecule has 0 bridgehead atoms. The van der Waals surface area contributed by atoms with Crippen LogP contribution in [0, 0.1) is 0 Å². The Morgan fingerprint density at radius 1 is 0.690 bits per heavy atom. The van der Waals surface area contributed by atoms with Gasteiger partial charge in [-0.1, -0.05) is 0 Å². The predicted molar refractivity (Wildman–Crippen MR) is 123 cm³/mol.